The largest absolute Gasteiger partial charge is 0.394 e. The molecule has 0 radical (unpaired) electrons. The molecule has 1 amide bonds. The Balaban J connectivity index is 3.54. The summed E-state index contributed by atoms with van der Waals surface area (Å²) < 4.78 is 0. The fourth-order valence-electron chi connectivity index (χ4n) is 2.79. The van der Waals surface area contributed by atoms with Crippen LogP contribution in [0.3, 0.4) is 0 Å². The summed E-state index contributed by atoms with van der Waals surface area (Å²) >= 11 is 3.86. The molecule has 0 rings (SSSR count). The molecule has 0 fully saturated rings. The van der Waals surface area contributed by atoms with Gasteiger partial charge in [-0.25, -0.2) is 0 Å². The monoisotopic (exact) mass is 373 g/mol. The number of carbonyl (C=O) groups excluding carboxylic acids is 1. The van der Waals surface area contributed by atoms with E-state index in [-0.39, 0.29) is 18.3 Å². The van der Waals surface area contributed by atoms with E-state index >= 15 is 0 Å². The van der Waals surface area contributed by atoms with Gasteiger partial charge >= 0.3 is 0 Å². The van der Waals surface area contributed by atoms with E-state index in [1.165, 1.54) is 64.2 Å². The van der Waals surface area contributed by atoms with E-state index in [4.69, 9.17) is 0 Å². The average molecular weight is 374 g/mol. The number of hydrogen-bond acceptors (Lipinski definition) is 4. The van der Waals surface area contributed by atoms with E-state index in [0.717, 1.165) is 12.8 Å². The van der Waals surface area contributed by atoms with E-state index in [1.54, 1.807) is 6.08 Å². The number of unbranched alkanes of at least 4 members (excludes halogenated alkanes) is 11. The van der Waals surface area contributed by atoms with Crippen LogP contribution >= 0.6 is 12.6 Å². The van der Waals surface area contributed by atoms with Crippen LogP contribution in [-0.4, -0.2) is 40.6 Å². The molecule has 0 bridgehead atoms. The summed E-state index contributed by atoms with van der Waals surface area (Å²) in [6, 6.07) is -0.659. The maximum atomic E-state index is 11.2. The van der Waals surface area contributed by atoms with Gasteiger partial charge in [0.2, 0.25) is 5.91 Å². The second kappa shape index (κ2) is 18.3. The molecule has 4 nitrogen and oxygen atoms in total. The fourth-order valence-corrected chi connectivity index (χ4v) is 2.88. The highest BCUT2D eigenvalue weighted by atomic mass is 32.1. The first kappa shape index (κ1) is 24.5. The first-order valence-electron chi connectivity index (χ1n) is 10.0. The Bertz CT molecular complexity index is 337. The Morgan fingerprint density at radius 3 is 2.00 bits per heavy atom. The summed E-state index contributed by atoms with van der Waals surface area (Å²) in [5, 5.41) is 21.7. The minimum absolute atomic E-state index is 0.0473. The van der Waals surface area contributed by atoms with Gasteiger partial charge in [-0.15, -0.1) is 0 Å². The van der Waals surface area contributed by atoms with Gasteiger partial charge in [-0.3, -0.25) is 4.79 Å². The summed E-state index contributed by atoms with van der Waals surface area (Å²) in [7, 11) is 0. The lowest BCUT2D eigenvalue weighted by Crippen LogP contribution is -2.45. The average Bonchev–Trinajstić information content (AvgIpc) is 2.63. The molecule has 0 saturated heterocycles. The van der Waals surface area contributed by atoms with Gasteiger partial charge in [0, 0.05) is 0 Å². The number of nitrogens with one attached hydrogen (secondary N) is 1. The fraction of sp³-hybridized carbons (Fsp3) is 0.850. The standard InChI is InChI=1S/C20H39NO3S/c1-2-3-4-5-6-7-8-9-10-11-12-13-14-15-19(23)18(16-22)21-20(24)17-25/h14-15,18-19,22-23,25H,2-13,16-17H2,1H3,(H,21,24). The minimum atomic E-state index is -0.860. The minimum Gasteiger partial charge on any atom is -0.394 e. The second-order valence-electron chi connectivity index (χ2n) is 6.76. The van der Waals surface area contributed by atoms with E-state index in [2.05, 4.69) is 24.9 Å². The van der Waals surface area contributed by atoms with Crippen molar-refractivity contribution in [2.75, 3.05) is 12.4 Å². The van der Waals surface area contributed by atoms with E-state index < -0.39 is 12.1 Å². The molecule has 5 heteroatoms. The zero-order valence-electron chi connectivity index (χ0n) is 16.0. The Kier molecular flexibility index (Phi) is 17.9. The van der Waals surface area contributed by atoms with Crippen LogP contribution in [0.1, 0.15) is 84.0 Å². The Morgan fingerprint density at radius 1 is 1.00 bits per heavy atom. The third kappa shape index (κ3) is 15.5. The molecule has 0 aliphatic rings. The molecular weight excluding hydrogens is 334 g/mol. The SMILES string of the molecule is CCCCCCCCCCCCCC=CC(O)C(CO)NC(=O)CS. The van der Waals surface area contributed by atoms with E-state index in [9.17, 15) is 15.0 Å². The zero-order chi connectivity index (χ0) is 18.8. The normalized spacial score (nSPS) is 13.9. The summed E-state index contributed by atoms with van der Waals surface area (Å²) in [6.07, 6.45) is 18.2. The third-order valence-corrected chi connectivity index (χ3v) is 4.69. The van der Waals surface area contributed by atoms with Gasteiger partial charge in [0.15, 0.2) is 0 Å². The second-order valence-corrected chi connectivity index (χ2v) is 7.07. The molecule has 0 aliphatic heterocycles. The Labute approximate surface area is 159 Å². The molecule has 0 aromatic carbocycles. The lowest BCUT2D eigenvalue weighted by molar-refractivity contribution is -0.120. The predicted octanol–water partition coefficient (Wildman–Crippen LogP) is 4.01. The first-order chi connectivity index (χ1) is 12.2. The van der Waals surface area contributed by atoms with Gasteiger partial charge in [0.05, 0.1) is 24.5 Å². The van der Waals surface area contributed by atoms with Crippen molar-refractivity contribution in [3.8, 4) is 0 Å². The number of allylic oxidation sites excluding steroid dienone is 1. The van der Waals surface area contributed by atoms with E-state index in [1.807, 2.05) is 6.08 Å². The van der Waals surface area contributed by atoms with E-state index in [0.29, 0.717) is 0 Å². The van der Waals surface area contributed by atoms with Gasteiger partial charge < -0.3 is 15.5 Å². The molecule has 2 atom stereocenters. The number of carbonyl (C=O) groups is 1. The van der Waals surface area contributed by atoms with Crippen LogP contribution in [0.25, 0.3) is 0 Å². The molecule has 148 valence electrons. The predicted molar refractivity (Wildman–Crippen MR) is 109 cm³/mol. The zero-order valence-corrected chi connectivity index (χ0v) is 16.9. The molecule has 0 aromatic rings. The van der Waals surface area contributed by atoms with Crippen LogP contribution in [0.2, 0.25) is 0 Å². The van der Waals surface area contributed by atoms with Gasteiger partial charge in [-0.05, 0) is 12.8 Å². The molecular formula is C20H39NO3S. The first-order valence-corrected chi connectivity index (χ1v) is 10.6. The van der Waals surface area contributed by atoms with Crippen LogP contribution in [0.5, 0.6) is 0 Å². The molecule has 25 heavy (non-hydrogen) atoms. The number of aliphatic hydroxyl groups is 2. The molecule has 0 saturated carbocycles. The Hall–Kier alpha value is -0.520. The third-order valence-electron chi connectivity index (χ3n) is 4.41. The van der Waals surface area contributed by atoms with Gasteiger partial charge in [-0.2, -0.15) is 12.6 Å². The number of thiol groups is 1. The smallest absolute Gasteiger partial charge is 0.230 e. The van der Waals surface area contributed by atoms with Gasteiger partial charge in [0.25, 0.3) is 0 Å². The van der Waals surface area contributed by atoms with Crippen molar-refractivity contribution in [3.05, 3.63) is 12.2 Å². The van der Waals surface area contributed by atoms with Gasteiger partial charge in [-0.1, -0.05) is 83.3 Å². The molecule has 0 aromatic heterocycles. The van der Waals surface area contributed by atoms with Crippen molar-refractivity contribution in [1.29, 1.82) is 0 Å². The number of rotatable bonds is 17. The molecule has 0 spiro atoms. The lowest BCUT2D eigenvalue weighted by atomic mass is 10.0. The maximum Gasteiger partial charge on any atom is 0.230 e. The quantitative estimate of drug-likeness (QED) is 0.177. The number of amides is 1. The summed E-state index contributed by atoms with van der Waals surface area (Å²) in [5.41, 5.74) is 0. The Morgan fingerprint density at radius 2 is 1.52 bits per heavy atom. The van der Waals surface area contributed by atoms with Crippen molar-refractivity contribution in [1.82, 2.24) is 5.32 Å². The molecule has 2 unspecified atom stereocenters. The van der Waals surface area contributed by atoms with Crippen LogP contribution in [0, 0.1) is 0 Å². The van der Waals surface area contributed by atoms with Gasteiger partial charge in [0.1, 0.15) is 0 Å². The van der Waals surface area contributed by atoms with Crippen molar-refractivity contribution in [3.63, 3.8) is 0 Å². The molecule has 0 aliphatic carbocycles. The number of hydrogen-bond donors (Lipinski definition) is 4. The molecule has 3 N–H and O–H groups in total. The highest BCUT2D eigenvalue weighted by Gasteiger charge is 2.17. The topological polar surface area (TPSA) is 69.6 Å². The highest BCUT2D eigenvalue weighted by Crippen LogP contribution is 2.12. The lowest BCUT2D eigenvalue weighted by Gasteiger charge is -2.19. The van der Waals surface area contributed by atoms with Crippen molar-refractivity contribution in [2.24, 2.45) is 0 Å². The summed E-state index contributed by atoms with van der Waals surface area (Å²) in [6.45, 7) is 1.96. The summed E-state index contributed by atoms with van der Waals surface area (Å²) in [4.78, 5) is 11.2. The van der Waals surface area contributed by atoms with Crippen LogP contribution in [0.4, 0.5) is 0 Å². The summed E-state index contributed by atoms with van der Waals surface area (Å²) in [5.74, 6) is -0.244. The van der Waals surface area contributed by atoms with Crippen LogP contribution in [-0.2, 0) is 4.79 Å². The molecule has 0 heterocycles. The van der Waals surface area contributed by atoms with Crippen molar-refractivity contribution in [2.45, 2.75) is 96.1 Å². The van der Waals surface area contributed by atoms with Crippen LogP contribution in [0.15, 0.2) is 12.2 Å². The number of aliphatic hydroxyl groups excluding tert-OH is 2. The van der Waals surface area contributed by atoms with Crippen LogP contribution < -0.4 is 5.32 Å². The maximum absolute atomic E-state index is 11.2. The van der Waals surface area contributed by atoms with Crippen molar-refractivity contribution >= 4 is 18.5 Å². The van der Waals surface area contributed by atoms with Crippen molar-refractivity contribution < 1.29 is 15.0 Å². The highest BCUT2D eigenvalue weighted by molar-refractivity contribution is 7.81.